The van der Waals surface area contributed by atoms with Crippen LogP contribution in [0.5, 0.6) is 0 Å². The molecule has 4 heteroatoms. The predicted octanol–water partition coefficient (Wildman–Crippen LogP) is 5.23. The summed E-state index contributed by atoms with van der Waals surface area (Å²) in [5.41, 5.74) is 2.10. The lowest BCUT2D eigenvalue weighted by molar-refractivity contribution is 0.0833. The van der Waals surface area contributed by atoms with Crippen molar-refractivity contribution in [3.05, 3.63) is 29.8 Å². The second kappa shape index (κ2) is 11.1. The van der Waals surface area contributed by atoms with Crippen LogP contribution in [0, 0.1) is 0 Å². The van der Waals surface area contributed by atoms with Crippen molar-refractivity contribution in [1.82, 2.24) is 4.90 Å². The number of carbonyl (C=O) groups is 1. The van der Waals surface area contributed by atoms with Gasteiger partial charge in [-0.1, -0.05) is 44.7 Å². The van der Waals surface area contributed by atoms with Crippen LogP contribution >= 0.6 is 0 Å². The fraction of sp³-hybridized carbons (Fsp3) is 0.667. The molecule has 0 aromatic heterocycles. The molecule has 1 aliphatic rings. The number of piperidine rings is 1. The van der Waals surface area contributed by atoms with E-state index in [0.717, 1.165) is 31.7 Å². The predicted molar refractivity (Wildman–Crippen MR) is 104 cm³/mol. The summed E-state index contributed by atoms with van der Waals surface area (Å²) in [6.45, 7) is 7.26. The van der Waals surface area contributed by atoms with Crippen LogP contribution in [-0.2, 0) is 11.2 Å². The molecule has 1 atom stereocenters. The minimum atomic E-state index is -0.354. The summed E-state index contributed by atoms with van der Waals surface area (Å²) < 4.78 is 5.52. The van der Waals surface area contributed by atoms with Crippen LogP contribution in [0.15, 0.2) is 24.3 Å². The van der Waals surface area contributed by atoms with Crippen molar-refractivity contribution in [1.29, 1.82) is 0 Å². The largest absolute Gasteiger partial charge is 0.445 e. The Bertz CT molecular complexity index is 512. The van der Waals surface area contributed by atoms with Crippen molar-refractivity contribution in [3.8, 4) is 0 Å². The van der Waals surface area contributed by atoms with Crippen LogP contribution in [0.25, 0.3) is 0 Å². The number of aryl methyl sites for hydroxylation is 1. The smallest absolute Gasteiger partial charge is 0.411 e. The number of nitrogens with one attached hydrogen (secondary N) is 1. The zero-order valence-electron chi connectivity index (χ0n) is 15.9. The van der Waals surface area contributed by atoms with E-state index in [1.54, 1.807) is 0 Å². The molecule has 0 bridgehead atoms. The number of unbranched alkanes of at least 4 members (excludes halogenated alkanes) is 3. The van der Waals surface area contributed by atoms with E-state index in [9.17, 15) is 4.79 Å². The zero-order valence-corrected chi connectivity index (χ0v) is 15.9. The van der Waals surface area contributed by atoms with E-state index in [0.29, 0.717) is 0 Å². The van der Waals surface area contributed by atoms with Crippen LogP contribution in [0.1, 0.15) is 64.4 Å². The van der Waals surface area contributed by atoms with Crippen molar-refractivity contribution >= 4 is 11.8 Å². The molecule has 25 heavy (non-hydrogen) atoms. The summed E-state index contributed by atoms with van der Waals surface area (Å²) in [5, 5.41) is 2.87. The molecule has 0 saturated carbocycles. The van der Waals surface area contributed by atoms with E-state index in [2.05, 4.69) is 29.3 Å². The first-order valence-electron chi connectivity index (χ1n) is 9.96. The Balaban J connectivity index is 1.73. The molecule has 0 aliphatic carbocycles. The molecular weight excluding hydrogens is 312 g/mol. The maximum absolute atomic E-state index is 12.1. The number of nitrogens with zero attached hydrogens (tertiary/aromatic N) is 1. The maximum Gasteiger partial charge on any atom is 0.411 e. The van der Waals surface area contributed by atoms with Gasteiger partial charge in [-0.15, -0.1) is 0 Å². The topological polar surface area (TPSA) is 41.6 Å². The van der Waals surface area contributed by atoms with Gasteiger partial charge in [-0.05, 0) is 63.4 Å². The molecule has 1 aliphatic heterocycles. The second-order valence-corrected chi connectivity index (χ2v) is 7.21. The van der Waals surface area contributed by atoms with Crippen LogP contribution in [0.4, 0.5) is 10.5 Å². The van der Waals surface area contributed by atoms with Gasteiger partial charge < -0.3 is 4.74 Å². The van der Waals surface area contributed by atoms with E-state index >= 15 is 0 Å². The quantitative estimate of drug-likeness (QED) is 0.622. The van der Waals surface area contributed by atoms with E-state index in [1.807, 2.05) is 19.1 Å². The Morgan fingerprint density at radius 2 is 2.00 bits per heavy atom. The Kier molecular flexibility index (Phi) is 8.81. The number of likely N-dealkylation sites (tertiary alicyclic amines) is 1. The highest BCUT2D eigenvalue weighted by Gasteiger charge is 2.16. The van der Waals surface area contributed by atoms with Crippen LogP contribution in [-0.4, -0.2) is 36.7 Å². The second-order valence-electron chi connectivity index (χ2n) is 7.21. The van der Waals surface area contributed by atoms with Crippen molar-refractivity contribution in [2.45, 2.75) is 71.3 Å². The van der Waals surface area contributed by atoms with Gasteiger partial charge in [0.25, 0.3) is 0 Å². The molecule has 0 spiro atoms. The standard InChI is InChI=1S/C21H34N2O2/c1-3-4-5-7-11-19-12-10-13-20(16-19)22-21(24)25-18(2)17-23-14-8-6-9-15-23/h10,12-13,16,18H,3-9,11,14-15,17H2,1-2H3,(H,22,24)/t18-/m1/s1. The van der Waals surface area contributed by atoms with Crippen molar-refractivity contribution in [2.75, 3.05) is 25.0 Å². The molecule has 1 heterocycles. The molecule has 1 aromatic rings. The Morgan fingerprint density at radius 1 is 1.20 bits per heavy atom. The summed E-state index contributed by atoms with van der Waals surface area (Å²) in [6.07, 6.45) is 9.47. The molecule has 4 nitrogen and oxygen atoms in total. The maximum atomic E-state index is 12.1. The van der Waals surface area contributed by atoms with Gasteiger partial charge >= 0.3 is 6.09 Å². The van der Waals surface area contributed by atoms with Crippen LogP contribution in [0.2, 0.25) is 0 Å². The summed E-state index contributed by atoms with van der Waals surface area (Å²) in [7, 11) is 0. The van der Waals surface area contributed by atoms with E-state index < -0.39 is 0 Å². The molecule has 0 unspecified atom stereocenters. The number of hydrogen-bond donors (Lipinski definition) is 1. The molecular formula is C21H34N2O2. The van der Waals surface area contributed by atoms with E-state index in [4.69, 9.17) is 4.74 Å². The minimum Gasteiger partial charge on any atom is -0.445 e. The van der Waals surface area contributed by atoms with Crippen molar-refractivity contribution < 1.29 is 9.53 Å². The average molecular weight is 347 g/mol. The number of benzene rings is 1. The average Bonchev–Trinajstić information content (AvgIpc) is 2.59. The van der Waals surface area contributed by atoms with Crippen molar-refractivity contribution in [2.24, 2.45) is 0 Å². The molecule has 1 fully saturated rings. The highest BCUT2D eigenvalue weighted by molar-refractivity contribution is 5.84. The molecule has 1 saturated heterocycles. The highest BCUT2D eigenvalue weighted by atomic mass is 16.6. The molecule has 0 radical (unpaired) electrons. The van der Waals surface area contributed by atoms with Gasteiger partial charge in [0.15, 0.2) is 0 Å². The van der Waals surface area contributed by atoms with E-state index in [-0.39, 0.29) is 12.2 Å². The Labute approximate surface area is 152 Å². The van der Waals surface area contributed by atoms with Gasteiger partial charge in [0.1, 0.15) is 6.10 Å². The number of carbonyl (C=O) groups excluding carboxylic acids is 1. The summed E-state index contributed by atoms with van der Waals surface area (Å²) in [5.74, 6) is 0. The number of amides is 1. The zero-order chi connectivity index (χ0) is 17.9. The molecule has 1 aromatic carbocycles. The fourth-order valence-corrected chi connectivity index (χ4v) is 3.43. The van der Waals surface area contributed by atoms with Crippen LogP contribution < -0.4 is 5.32 Å². The summed E-state index contributed by atoms with van der Waals surface area (Å²) >= 11 is 0. The van der Waals surface area contributed by atoms with Gasteiger partial charge in [-0.25, -0.2) is 4.79 Å². The Morgan fingerprint density at radius 3 is 2.76 bits per heavy atom. The van der Waals surface area contributed by atoms with Gasteiger partial charge in [-0.3, -0.25) is 10.2 Å². The van der Waals surface area contributed by atoms with Gasteiger partial charge in [0.05, 0.1) is 0 Å². The highest BCUT2D eigenvalue weighted by Crippen LogP contribution is 2.15. The first-order chi connectivity index (χ1) is 12.2. The lowest BCUT2D eigenvalue weighted by Gasteiger charge is -2.28. The number of anilines is 1. The first kappa shape index (κ1) is 19.8. The van der Waals surface area contributed by atoms with Gasteiger partial charge in [0, 0.05) is 12.2 Å². The number of ether oxygens (including phenoxy) is 1. The molecule has 140 valence electrons. The van der Waals surface area contributed by atoms with Gasteiger partial charge in [-0.2, -0.15) is 0 Å². The SMILES string of the molecule is CCCCCCc1cccc(NC(=O)O[C@H](C)CN2CCCCC2)c1. The normalized spacial score (nSPS) is 16.4. The molecule has 2 rings (SSSR count). The monoisotopic (exact) mass is 346 g/mol. The van der Waals surface area contributed by atoms with Gasteiger partial charge in [0.2, 0.25) is 0 Å². The molecule has 1 N–H and O–H groups in total. The third kappa shape index (κ3) is 7.91. The Hall–Kier alpha value is -1.55. The molecule has 1 amide bonds. The third-order valence-corrected chi connectivity index (χ3v) is 4.76. The summed E-state index contributed by atoms with van der Waals surface area (Å²) in [6, 6.07) is 8.11. The number of hydrogen-bond acceptors (Lipinski definition) is 3. The first-order valence-corrected chi connectivity index (χ1v) is 9.96. The lowest BCUT2D eigenvalue weighted by Crippen LogP contribution is -2.37. The van der Waals surface area contributed by atoms with Crippen LogP contribution in [0.3, 0.4) is 0 Å². The van der Waals surface area contributed by atoms with E-state index in [1.165, 1.54) is 50.5 Å². The van der Waals surface area contributed by atoms with Crippen molar-refractivity contribution in [3.63, 3.8) is 0 Å². The lowest BCUT2D eigenvalue weighted by atomic mass is 10.1. The minimum absolute atomic E-state index is 0.0877. The number of rotatable bonds is 9. The third-order valence-electron chi connectivity index (χ3n) is 4.76. The summed E-state index contributed by atoms with van der Waals surface area (Å²) in [4.78, 5) is 14.5. The fourth-order valence-electron chi connectivity index (χ4n) is 3.43.